The minimum atomic E-state index is -0.707. The second-order valence-electron chi connectivity index (χ2n) is 2.21. The third-order valence-corrected chi connectivity index (χ3v) is 1.86. The summed E-state index contributed by atoms with van der Waals surface area (Å²) in [5.74, 6) is -1.37. The first-order valence-electron chi connectivity index (χ1n) is 3.48. The van der Waals surface area contributed by atoms with E-state index in [0.29, 0.717) is 0 Å². The van der Waals surface area contributed by atoms with Crippen molar-refractivity contribution >= 4 is 30.9 Å². The maximum Gasteiger partial charge on any atom is 0.359 e. The summed E-state index contributed by atoms with van der Waals surface area (Å²) in [5, 5.41) is 0. The highest BCUT2D eigenvalue weighted by molar-refractivity contribution is 7.11. The molecular formula is C7H7NO4P2. The van der Waals surface area contributed by atoms with Gasteiger partial charge in [0.1, 0.15) is 0 Å². The van der Waals surface area contributed by atoms with Gasteiger partial charge >= 0.3 is 11.9 Å². The van der Waals surface area contributed by atoms with Crippen molar-refractivity contribution in [2.75, 3.05) is 0 Å². The predicted molar refractivity (Wildman–Crippen MR) is 54.5 cm³/mol. The van der Waals surface area contributed by atoms with Crippen molar-refractivity contribution in [1.82, 2.24) is 4.98 Å². The van der Waals surface area contributed by atoms with E-state index >= 15 is 0 Å². The minimum absolute atomic E-state index is 0.0648. The number of pyridine rings is 1. The lowest BCUT2D eigenvalue weighted by atomic mass is 10.2. The summed E-state index contributed by atoms with van der Waals surface area (Å²) in [4.78, 5) is 26.0. The zero-order valence-corrected chi connectivity index (χ0v) is 9.28. The van der Waals surface area contributed by atoms with E-state index in [-0.39, 0.29) is 11.3 Å². The topological polar surface area (TPSA) is 65.5 Å². The van der Waals surface area contributed by atoms with E-state index in [1.165, 1.54) is 18.3 Å². The molecule has 0 aliphatic carbocycles. The first-order chi connectivity index (χ1) is 6.70. The minimum Gasteiger partial charge on any atom is -0.448 e. The Morgan fingerprint density at radius 2 is 1.86 bits per heavy atom. The largest absolute Gasteiger partial charge is 0.448 e. The number of nitrogens with zero attached hydrogens (tertiary/aromatic N) is 1. The van der Waals surface area contributed by atoms with Crippen molar-refractivity contribution in [3.63, 3.8) is 0 Å². The second kappa shape index (κ2) is 4.99. The molecule has 1 rings (SSSR count). The van der Waals surface area contributed by atoms with Crippen LogP contribution in [0.15, 0.2) is 18.3 Å². The fourth-order valence-corrected chi connectivity index (χ4v) is 1.09. The molecule has 0 aromatic carbocycles. The van der Waals surface area contributed by atoms with Gasteiger partial charge in [0.05, 0.1) is 24.5 Å². The molecule has 0 fully saturated rings. The molecule has 14 heavy (non-hydrogen) atoms. The fourth-order valence-electron chi connectivity index (χ4n) is 0.852. The Bertz CT molecular complexity index is 333. The van der Waals surface area contributed by atoms with Crippen molar-refractivity contribution in [3.05, 3.63) is 29.6 Å². The average molecular weight is 231 g/mol. The van der Waals surface area contributed by atoms with E-state index < -0.39 is 11.9 Å². The van der Waals surface area contributed by atoms with Crippen LogP contribution in [-0.4, -0.2) is 16.9 Å². The lowest BCUT2D eigenvalue weighted by Crippen LogP contribution is -2.10. The standard InChI is InChI=1S/C7H7NO4P2/c9-6(11-13)4-2-1-3-8-5(4)7(10)12-14/h1-3H,13-14H2. The second-order valence-corrected chi connectivity index (χ2v) is 2.68. The summed E-state index contributed by atoms with van der Waals surface area (Å²) in [5.41, 5.74) is -0.00935. The highest BCUT2D eigenvalue weighted by Gasteiger charge is 2.18. The van der Waals surface area contributed by atoms with E-state index in [2.05, 4.69) is 14.0 Å². The van der Waals surface area contributed by atoms with Crippen LogP contribution in [0.1, 0.15) is 20.8 Å². The van der Waals surface area contributed by atoms with E-state index in [1.54, 1.807) is 18.9 Å². The molecule has 2 atom stereocenters. The Kier molecular flexibility index (Phi) is 3.93. The van der Waals surface area contributed by atoms with Gasteiger partial charge in [0.2, 0.25) is 0 Å². The summed E-state index contributed by atoms with van der Waals surface area (Å²) in [6, 6.07) is 2.95. The van der Waals surface area contributed by atoms with Crippen molar-refractivity contribution in [3.8, 4) is 0 Å². The third kappa shape index (κ3) is 2.25. The lowest BCUT2D eigenvalue weighted by Gasteiger charge is -2.03. The summed E-state index contributed by atoms with van der Waals surface area (Å²) in [7, 11) is 3.59. The monoisotopic (exact) mass is 231 g/mol. The van der Waals surface area contributed by atoms with Gasteiger partial charge < -0.3 is 9.05 Å². The number of hydrogen-bond acceptors (Lipinski definition) is 5. The maximum absolute atomic E-state index is 11.2. The van der Waals surface area contributed by atoms with E-state index in [1.807, 2.05) is 0 Å². The molecule has 0 radical (unpaired) electrons. The zero-order valence-electron chi connectivity index (χ0n) is 6.97. The lowest BCUT2D eigenvalue weighted by molar-refractivity contribution is 0.0718. The predicted octanol–water partition coefficient (Wildman–Crippen LogP) is 0.975. The molecule has 2 unspecified atom stereocenters. The molecule has 0 saturated heterocycles. The van der Waals surface area contributed by atoms with Crippen molar-refractivity contribution in [2.45, 2.75) is 0 Å². The van der Waals surface area contributed by atoms with Crippen LogP contribution in [0.5, 0.6) is 0 Å². The summed E-state index contributed by atoms with van der Waals surface area (Å²) < 4.78 is 8.77. The molecular weight excluding hydrogens is 224 g/mol. The van der Waals surface area contributed by atoms with E-state index in [0.717, 1.165) is 0 Å². The Hall–Kier alpha value is -1.05. The molecule has 0 saturated carbocycles. The van der Waals surface area contributed by atoms with Crippen molar-refractivity contribution in [2.24, 2.45) is 0 Å². The highest BCUT2D eigenvalue weighted by atomic mass is 31.0. The molecule has 0 amide bonds. The molecule has 1 aromatic heterocycles. The van der Waals surface area contributed by atoms with Gasteiger partial charge in [0.15, 0.2) is 5.69 Å². The van der Waals surface area contributed by atoms with Gasteiger partial charge in [-0.15, -0.1) is 0 Å². The van der Waals surface area contributed by atoms with Crippen LogP contribution >= 0.6 is 18.9 Å². The van der Waals surface area contributed by atoms with Gasteiger partial charge in [-0.25, -0.2) is 14.6 Å². The first-order valence-corrected chi connectivity index (χ1v) is 4.42. The summed E-state index contributed by atoms with van der Waals surface area (Å²) >= 11 is 0. The van der Waals surface area contributed by atoms with Gasteiger partial charge in [-0.1, -0.05) is 0 Å². The highest BCUT2D eigenvalue weighted by Crippen LogP contribution is 2.11. The normalized spacial score (nSPS) is 9.29. The molecule has 5 nitrogen and oxygen atoms in total. The van der Waals surface area contributed by atoms with Crippen LogP contribution in [0.3, 0.4) is 0 Å². The van der Waals surface area contributed by atoms with E-state index in [4.69, 9.17) is 0 Å². The van der Waals surface area contributed by atoms with Crippen molar-refractivity contribution in [1.29, 1.82) is 0 Å². The third-order valence-electron chi connectivity index (χ3n) is 1.44. The van der Waals surface area contributed by atoms with Crippen LogP contribution in [0, 0.1) is 0 Å². The summed E-state index contributed by atoms with van der Waals surface area (Å²) in [6.45, 7) is 0. The van der Waals surface area contributed by atoms with Gasteiger partial charge in [-0.2, -0.15) is 0 Å². The molecule has 0 N–H and O–H groups in total. The summed E-state index contributed by atoms with van der Waals surface area (Å²) in [6.07, 6.45) is 1.39. The molecule has 0 spiro atoms. The Morgan fingerprint density at radius 1 is 1.21 bits per heavy atom. The molecule has 1 aromatic rings. The van der Waals surface area contributed by atoms with Crippen molar-refractivity contribution < 1.29 is 18.6 Å². The molecule has 0 bridgehead atoms. The Balaban J connectivity index is 3.15. The Labute approximate surface area is 84.8 Å². The quantitative estimate of drug-likeness (QED) is 0.709. The molecule has 7 heteroatoms. The van der Waals surface area contributed by atoms with Gasteiger partial charge in [-0.05, 0) is 12.1 Å². The van der Waals surface area contributed by atoms with Gasteiger partial charge in [-0.3, -0.25) is 0 Å². The Morgan fingerprint density at radius 3 is 2.43 bits per heavy atom. The molecule has 1 heterocycles. The van der Waals surface area contributed by atoms with Crippen LogP contribution in [0.2, 0.25) is 0 Å². The number of rotatable bonds is 2. The number of carbonyl (C=O) groups excluding carboxylic acids is 2. The number of aromatic nitrogens is 1. The maximum atomic E-state index is 11.2. The van der Waals surface area contributed by atoms with E-state index in [9.17, 15) is 9.59 Å². The molecule has 0 aliphatic rings. The van der Waals surface area contributed by atoms with Crippen LogP contribution < -0.4 is 0 Å². The molecule has 74 valence electrons. The number of hydrogen-bond donors (Lipinski definition) is 0. The van der Waals surface area contributed by atoms with Crippen LogP contribution in [0.4, 0.5) is 0 Å². The van der Waals surface area contributed by atoms with Crippen LogP contribution in [0.25, 0.3) is 0 Å². The SMILES string of the molecule is O=C(OP)c1cccnc1C(=O)OP. The van der Waals surface area contributed by atoms with Gasteiger partial charge in [0, 0.05) is 6.20 Å². The fraction of sp³-hybridized carbons (Fsp3) is 0. The smallest absolute Gasteiger partial charge is 0.359 e. The average Bonchev–Trinajstić information content (AvgIpc) is 2.27. The number of carbonyl (C=O) groups is 2. The zero-order chi connectivity index (χ0) is 10.6. The molecule has 0 aliphatic heterocycles. The first kappa shape index (κ1) is 11.0. The van der Waals surface area contributed by atoms with Gasteiger partial charge in [0.25, 0.3) is 0 Å². The van der Waals surface area contributed by atoms with Crippen LogP contribution in [-0.2, 0) is 9.05 Å².